The molecule has 68 valence electrons. The summed E-state index contributed by atoms with van der Waals surface area (Å²) in [4.78, 5) is 4.06. The highest BCUT2D eigenvalue weighted by Crippen LogP contribution is 2.20. The zero-order valence-electron chi connectivity index (χ0n) is 7.06. The average Bonchev–Trinajstić information content (AvgIpc) is 2.56. The van der Waals surface area contributed by atoms with Crippen LogP contribution in [0.2, 0.25) is 0 Å². The highest BCUT2D eigenvalue weighted by molar-refractivity contribution is 7.98. The van der Waals surface area contributed by atoms with E-state index in [9.17, 15) is 5.11 Å². The lowest BCUT2D eigenvalue weighted by Crippen LogP contribution is -1.96. The van der Waals surface area contributed by atoms with E-state index >= 15 is 0 Å². The highest BCUT2D eigenvalue weighted by Gasteiger charge is 2.08. The Kier molecular flexibility index (Phi) is 4.65. The molecule has 4 heteroatoms. The summed E-state index contributed by atoms with van der Waals surface area (Å²) in [7, 11) is 0. The lowest BCUT2D eigenvalue weighted by molar-refractivity contribution is 0.166. The minimum Gasteiger partial charge on any atom is -0.386 e. The molecule has 12 heavy (non-hydrogen) atoms. The summed E-state index contributed by atoms with van der Waals surface area (Å²) in [6, 6.07) is 0. The first-order valence-corrected chi connectivity index (χ1v) is 6.18. The number of hydrogen-bond acceptors (Lipinski definition) is 4. The van der Waals surface area contributed by atoms with Crippen molar-refractivity contribution in [2.75, 3.05) is 12.0 Å². The van der Waals surface area contributed by atoms with E-state index in [1.54, 1.807) is 6.20 Å². The molecule has 0 aliphatic heterocycles. The maximum Gasteiger partial charge on any atom is 0.121 e. The fourth-order valence-electron chi connectivity index (χ4n) is 0.944. The van der Waals surface area contributed by atoms with Crippen molar-refractivity contribution < 1.29 is 5.11 Å². The van der Waals surface area contributed by atoms with Crippen LogP contribution >= 0.6 is 23.1 Å². The summed E-state index contributed by atoms with van der Waals surface area (Å²) >= 11 is 3.33. The average molecular weight is 203 g/mol. The molecule has 1 atom stereocenters. The van der Waals surface area contributed by atoms with Crippen LogP contribution in [0.5, 0.6) is 0 Å². The summed E-state index contributed by atoms with van der Waals surface area (Å²) in [6.07, 6.45) is 5.35. The third kappa shape index (κ3) is 3.13. The van der Waals surface area contributed by atoms with Gasteiger partial charge in [0.05, 0.1) is 0 Å². The molecular formula is C8H13NOS2. The van der Waals surface area contributed by atoms with Gasteiger partial charge in [-0.2, -0.15) is 11.8 Å². The summed E-state index contributed by atoms with van der Waals surface area (Å²) in [5.74, 6) is 1.11. The van der Waals surface area contributed by atoms with Gasteiger partial charge in [0.2, 0.25) is 0 Å². The van der Waals surface area contributed by atoms with Crippen molar-refractivity contribution in [1.82, 2.24) is 4.98 Å². The largest absolute Gasteiger partial charge is 0.386 e. The fourth-order valence-corrected chi connectivity index (χ4v) is 2.06. The van der Waals surface area contributed by atoms with E-state index in [-0.39, 0.29) is 6.10 Å². The SMILES string of the molecule is CSCCCC(O)c1nccs1. The maximum absolute atomic E-state index is 9.57. The van der Waals surface area contributed by atoms with E-state index in [0.29, 0.717) is 0 Å². The van der Waals surface area contributed by atoms with Gasteiger partial charge in [0, 0.05) is 11.6 Å². The Morgan fingerprint density at radius 1 is 1.75 bits per heavy atom. The molecular weight excluding hydrogens is 190 g/mol. The van der Waals surface area contributed by atoms with Gasteiger partial charge in [0.15, 0.2) is 0 Å². The van der Waals surface area contributed by atoms with Crippen LogP contribution in [0.1, 0.15) is 24.0 Å². The molecule has 0 aliphatic carbocycles. The van der Waals surface area contributed by atoms with Crippen molar-refractivity contribution in [3.05, 3.63) is 16.6 Å². The van der Waals surface area contributed by atoms with E-state index in [2.05, 4.69) is 11.2 Å². The second-order valence-corrected chi connectivity index (χ2v) is 4.43. The predicted molar refractivity (Wildman–Crippen MR) is 54.7 cm³/mol. The van der Waals surface area contributed by atoms with Crippen molar-refractivity contribution in [3.8, 4) is 0 Å². The third-order valence-electron chi connectivity index (χ3n) is 1.56. The molecule has 1 aromatic rings. The molecule has 0 saturated carbocycles. The maximum atomic E-state index is 9.57. The van der Waals surface area contributed by atoms with Crippen molar-refractivity contribution in [2.24, 2.45) is 0 Å². The standard InChI is InChI=1S/C8H13NOS2/c1-11-5-2-3-7(10)8-9-4-6-12-8/h4,6-7,10H,2-3,5H2,1H3. The molecule has 0 spiro atoms. The van der Waals surface area contributed by atoms with E-state index in [0.717, 1.165) is 23.6 Å². The van der Waals surface area contributed by atoms with E-state index in [1.165, 1.54) is 11.3 Å². The Labute approximate surface area is 81.0 Å². The quantitative estimate of drug-likeness (QED) is 0.746. The van der Waals surface area contributed by atoms with Crippen molar-refractivity contribution >= 4 is 23.1 Å². The molecule has 1 N–H and O–H groups in total. The topological polar surface area (TPSA) is 33.1 Å². The first-order valence-electron chi connectivity index (χ1n) is 3.91. The lowest BCUT2D eigenvalue weighted by atomic mass is 10.2. The molecule has 1 aromatic heterocycles. The second-order valence-electron chi connectivity index (χ2n) is 2.52. The number of aromatic nitrogens is 1. The molecule has 1 heterocycles. The van der Waals surface area contributed by atoms with Crippen LogP contribution in [0.3, 0.4) is 0 Å². The number of aliphatic hydroxyl groups excluding tert-OH is 1. The number of rotatable bonds is 5. The molecule has 1 rings (SSSR count). The van der Waals surface area contributed by atoms with Gasteiger partial charge < -0.3 is 5.11 Å². The van der Waals surface area contributed by atoms with E-state index < -0.39 is 0 Å². The second kappa shape index (κ2) is 5.56. The summed E-state index contributed by atoms with van der Waals surface area (Å²) in [5.41, 5.74) is 0. The first-order chi connectivity index (χ1) is 5.84. The minimum atomic E-state index is -0.350. The van der Waals surface area contributed by atoms with E-state index in [4.69, 9.17) is 0 Å². The zero-order chi connectivity index (χ0) is 8.81. The molecule has 0 saturated heterocycles. The summed E-state index contributed by atoms with van der Waals surface area (Å²) < 4.78 is 0. The number of hydrogen-bond donors (Lipinski definition) is 1. The van der Waals surface area contributed by atoms with Gasteiger partial charge in [0.25, 0.3) is 0 Å². The molecule has 0 aliphatic rings. The number of thiazole rings is 1. The summed E-state index contributed by atoms with van der Waals surface area (Å²) in [5, 5.41) is 12.3. The van der Waals surface area contributed by atoms with Gasteiger partial charge in [-0.05, 0) is 24.9 Å². The van der Waals surface area contributed by atoms with Gasteiger partial charge >= 0.3 is 0 Å². The normalized spacial score (nSPS) is 13.2. The smallest absolute Gasteiger partial charge is 0.121 e. The predicted octanol–water partition coefficient (Wildman–Crippen LogP) is 2.32. The van der Waals surface area contributed by atoms with Gasteiger partial charge in [-0.25, -0.2) is 4.98 Å². The molecule has 1 unspecified atom stereocenters. The van der Waals surface area contributed by atoms with Gasteiger partial charge in [-0.1, -0.05) is 0 Å². The Balaban J connectivity index is 2.25. The highest BCUT2D eigenvalue weighted by atomic mass is 32.2. The number of nitrogens with zero attached hydrogens (tertiary/aromatic N) is 1. The van der Waals surface area contributed by atoms with Crippen LogP contribution in [-0.2, 0) is 0 Å². The van der Waals surface area contributed by atoms with Gasteiger partial charge in [-0.15, -0.1) is 11.3 Å². The first kappa shape index (κ1) is 10.0. The van der Waals surface area contributed by atoms with Crippen LogP contribution in [0.25, 0.3) is 0 Å². The van der Waals surface area contributed by atoms with Crippen molar-refractivity contribution in [1.29, 1.82) is 0 Å². The molecule has 2 nitrogen and oxygen atoms in total. The van der Waals surface area contributed by atoms with Crippen LogP contribution in [0.15, 0.2) is 11.6 Å². The Bertz CT molecular complexity index is 201. The van der Waals surface area contributed by atoms with E-state index in [1.807, 2.05) is 17.1 Å². The Morgan fingerprint density at radius 3 is 3.17 bits per heavy atom. The molecule has 0 fully saturated rings. The molecule has 0 amide bonds. The van der Waals surface area contributed by atoms with Crippen LogP contribution < -0.4 is 0 Å². The van der Waals surface area contributed by atoms with Gasteiger partial charge in [-0.3, -0.25) is 0 Å². The molecule has 0 aromatic carbocycles. The van der Waals surface area contributed by atoms with Crippen molar-refractivity contribution in [3.63, 3.8) is 0 Å². The Hall–Kier alpha value is -0.0600. The van der Waals surface area contributed by atoms with Crippen LogP contribution in [-0.4, -0.2) is 22.1 Å². The fraction of sp³-hybridized carbons (Fsp3) is 0.625. The van der Waals surface area contributed by atoms with Crippen molar-refractivity contribution in [2.45, 2.75) is 18.9 Å². The lowest BCUT2D eigenvalue weighted by Gasteiger charge is -2.05. The van der Waals surface area contributed by atoms with Crippen LogP contribution in [0, 0.1) is 0 Å². The number of aliphatic hydroxyl groups is 1. The minimum absolute atomic E-state index is 0.350. The molecule has 0 bridgehead atoms. The zero-order valence-corrected chi connectivity index (χ0v) is 8.70. The third-order valence-corrected chi connectivity index (χ3v) is 3.14. The molecule has 0 radical (unpaired) electrons. The summed E-state index contributed by atoms with van der Waals surface area (Å²) in [6.45, 7) is 0. The Morgan fingerprint density at radius 2 is 2.58 bits per heavy atom. The monoisotopic (exact) mass is 203 g/mol. The number of thioether (sulfide) groups is 1. The van der Waals surface area contributed by atoms with Crippen LogP contribution in [0.4, 0.5) is 0 Å². The van der Waals surface area contributed by atoms with Gasteiger partial charge in [0.1, 0.15) is 11.1 Å².